The third-order valence-corrected chi connectivity index (χ3v) is 4.62. The summed E-state index contributed by atoms with van der Waals surface area (Å²) in [6, 6.07) is 12.2. The number of anilines is 1. The van der Waals surface area contributed by atoms with E-state index >= 15 is 0 Å². The van der Waals surface area contributed by atoms with Gasteiger partial charge in [-0.2, -0.15) is 0 Å². The molecule has 2 aromatic rings. The molecule has 128 valence electrons. The predicted octanol–water partition coefficient (Wildman–Crippen LogP) is 2.33. The summed E-state index contributed by atoms with van der Waals surface area (Å²) in [7, 11) is -3.54. The average Bonchev–Trinajstić information content (AvgIpc) is 2.52. The molecule has 0 saturated heterocycles. The molecule has 5 nitrogen and oxygen atoms in total. The van der Waals surface area contributed by atoms with Crippen LogP contribution in [0.15, 0.2) is 48.5 Å². The van der Waals surface area contributed by atoms with E-state index in [1.807, 2.05) is 19.1 Å². The van der Waals surface area contributed by atoms with Crippen molar-refractivity contribution in [1.82, 2.24) is 5.32 Å². The molecule has 0 fully saturated rings. The standard InChI is InChI=1S/C17H19FN2O3S/c1-13-3-5-14(6-4-13)17(21)19-11-12-20(24(2,22)23)16-9-7-15(18)8-10-16/h3-10H,11-12H2,1-2H3,(H,19,21). The number of sulfonamides is 1. The summed E-state index contributed by atoms with van der Waals surface area (Å²) in [5.41, 5.74) is 1.91. The molecule has 0 aliphatic heterocycles. The smallest absolute Gasteiger partial charge is 0.251 e. The summed E-state index contributed by atoms with van der Waals surface area (Å²) in [5, 5.41) is 2.68. The summed E-state index contributed by atoms with van der Waals surface area (Å²) in [6.45, 7) is 2.12. The number of amides is 1. The fourth-order valence-corrected chi connectivity index (χ4v) is 3.10. The quantitative estimate of drug-likeness (QED) is 0.869. The van der Waals surface area contributed by atoms with Crippen LogP contribution in [0.2, 0.25) is 0 Å². The number of carbonyl (C=O) groups is 1. The van der Waals surface area contributed by atoms with E-state index in [1.165, 1.54) is 24.3 Å². The molecule has 0 unspecified atom stereocenters. The Morgan fingerprint density at radius 2 is 1.67 bits per heavy atom. The van der Waals surface area contributed by atoms with Crippen LogP contribution in [0.3, 0.4) is 0 Å². The topological polar surface area (TPSA) is 66.5 Å². The summed E-state index contributed by atoms with van der Waals surface area (Å²) >= 11 is 0. The lowest BCUT2D eigenvalue weighted by atomic mass is 10.1. The largest absolute Gasteiger partial charge is 0.350 e. The zero-order valence-electron chi connectivity index (χ0n) is 13.5. The number of rotatable bonds is 6. The van der Waals surface area contributed by atoms with Crippen molar-refractivity contribution in [3.63, 3.8) is 0 Å². The fourth-order valence-electron chi connectivity index (χ4n) is 2.17. The lowest BCUT2D eigenvalue weighted by Crippen LogP contribution is -2.38. The number of hydrogen-bond acceptors (Lipinski definition) is 3. The van der Waals surface area contributed by atoms with Crippen molar-refractivity contribution in [2.75, 3.05) is 23.7 Å². The van der Waals surface area contributed by atoms with Crippen molar-refractivity contribution < 1.29 is 17.6 Å². The van der Waals surface area contributed by atoms with E-state index in [1.54, 1.807) is 12.1 Å². The third-order valence-electron chi connectivity index (χ3n) is 3.43. The second-order valence-electron chi connectivity index (χ2n) is 5.43. The van der Waals surface area contributed by atoms with Crippen molar-refractivity contribution in [2.24, 2.45) is 0 Å². The van der Waals surface area contributed by atoms with Gasteiger partial charge in [-0.25, -0.2) is 12.8 Å². The Morgan fingerprint density at radius 1 is 1.08 bits per heavy atom. The number of benzene rings is 2. The highest BCUT2D eigenvalue weighted by Crippen LogP contribution is 2.17. The molecular formula is C17H19FN2O3S. The van der Waals surface area contributed by atoms with Crippen molar-refractivity contribution in [3.05, 3.63) is 65.5 Å². The number of hydrogen-bond donors (Lipinski definition) is 1. The summed E-state index contributed by atoms with van der Waals surface area (Å²) in [5.74, 6) is -0.720. The van der Waals surface area contributed by atoms with E-state index in [-0.39, 0.29) is 19.0 Å². The molecule has 1 N–H and O–H groups in total. The number of aryl methyl sites for hydroxylation is 1. The monoisotopic (exact) mass is 350 g/mol. The highest BCUT2D eigenvalue weighted by molar-refractivity contribution is 7.92. The molecule has 0 bridgehead atoms. The maximum atomic E-state index is 13.0. The van der Waals surface area contributed by atoms with Gasteiger partial charge < -0.3 is 5.32 Å². The fraction of sp³-hybridized carbons (Fsp3) is 0.235. The van der Waals surface area contributed by atoms with Gasteiger partial charge in [-0.15, -0.1) is 0 Å². The van der Waals surface area contributed by atoms with Crippen molar-refractivity contribution in [1.29, 1.82) is 0 Å². The average molecular weight is 350 g/mol. The zero-order valence-corrected chi connectivity index (χ0v) is 14.3. The van der Waals surface area contributed by atoms with Gasteiger partial charge in [0, 0.05) is 12.1 Å². The number of nitrogens with one attached hydrogen (secondary N) is 1. The number of carbonyl (C=O) groups excluding carboxylic acids is 1. The minimum Gasteiger partial charge on any atom is -0.350 e. The molecule has 0 aliphatic rings. The Hall–Kier alpha value is -2.41. The van der Waals surface area contributed by atoms with Gasteiger partial charge >= 0.3 is 0 Å². The first-order valence-electron chi connectivity index (χ1n) is 7.35. The van der Waals surface area contributed by atoms with Crippen molar-refractivity contribution in [2.45, 2.75) is 6.92 Å². The molecule has 0 aromatic heterocycles. The molecule has 0 spiro atoms. The van der Waals surface area contributed by atoms with E-state index in [0.29, 0.717) is 11.3 Å². The van der Waals surface area contributed by atoms with Crippen LogP contribution in [-0.2, 0) is 10.0 Å². The first kappa shape index (κ1) is 17.9. The van der Waals surface area contributed by atoms with Crippen molar-refractivity contribution >= 4 is 21.6 Å². The molecule has 0 radical (unpaired) electrons. The van der Waals surface area contributed by atoms with E-state index in [9.17, 15) is 17.6 Å². The molecule has 2 aromatic carbocycles. The van der Waals surface area contributed by atoms with Gasteiger partial charge in [-0.1, -0.05) is 17.7 Å². The van der Waals surface area contributed by atoms with Crippen LogP contribution in [0.1, 0.15) is 15.9 Å². The van der Waals surface area contributed by atoms with Gasteiger partial charge in [0.2, 0.25) is 10.0 Å². The number of halogens is 1. The first-order valence-corrected chi connectivity index (χ1v) is 9.20. The molecule has 24 heavy (non-hydrogen) atoms. The predicted molar refractivity (Wildman–Crippen MR) is 92.1 cm³/mol. The third kappa shape index (κ3) is 4.79. The van der Waals surface area contributed by atoms with Gasteiger partial charge in [0.25, 0.3) is 5.91 Å². The van der Waals surface area contributed by atoms with Gasteiger partial charge in [0.05, 0.1) is 18.5 Å². The van der Waals surface area contributed by atoms with Gasteiger partial charge in [-0.05, 0) is 43.3 Å². The molecule has 2 rings (SSSR count). The van der Waals surface area contributed by atoms with E-state index in [4.69, 9.17) is 0 Å². The highest BCUT2D eigenvalue weighted by atomic mass is 32.2. The second-order valence-corrected chi connectivity index (χ2v) is 7.34. The van der Waals surface area contributed by atoms with E-state index in [2.05, 4.69) is 5.32 Å². The molecule has 7 heteroatoms. The lowest BCUT2D eigenvalue weighted by Gasteiger charge is -2.22. The molecule has 0 atom stereocenters. The Labute approximate surface area is 141 Å². The maximum absolute atomic E-state index is 13.0. The summed E-state index contributed by atoms with van der Waals surface area (Å²) < 4.78 is 38.0. The normalized spacial score (nSPS) is 11.1. The van der Waals surface area contributed by atoms with E-state index < -0.39 is 15.8 Å². The van der Waals surface area contributed by atoms with Crippen LogP contribution in [-0.4, -0.2) is 33.7 Å². The zero-order chi connectivity index (χ0) is 17.7. The molecule has 1 amide bonds. The van der Waals surface area contributed by atoms with Gasteiger partial charge in [0.1, 0.15) is 5.82 Å². The molecular weight excluding hydrogens is 331 g/mol. The minimum absolute atomic E-state index is 0.0576. The summed E-state index contributed by atoms with van der Waals surface area (Å²) in [4.78, 5) is 12.0. The molecule has 0 saturated carbocycles. The van der Waals surface area contributed by atoms with Crippen LogP contribution in [0.25, 0.3) is 0 Å². The lowest BCUT2D eigenvalue weighted by molar-refractivity contribution is 0.0955. The first-order chi connectivity index (χ1) is 11.3. The van der Waals surface area contributed by atoms with E-state index in [0.717, 1.165) is 16.1 Å². The Balaban J connectivity index is 2.02. The Morgan fingerprint density at radius 3 is 2.21 bits per heavy atom. The van der Waals surface area contributed by atoms with Crippen molar-refractivity contribution in [3.8, 4) is 0 Å². The van der Waals surface area contributed by atoms with Crippen LogP contribution in [0.4, 0.5) is 10.1 Å². The molecule has 0 aliphatic carbocycles. The molecule has 0 heterocycles. The van der Waals surface area contributed by atoms with Crippen LogP contribution >= 0.6 is 0 Å². The minimum atomic E-state index is -3.54. The Bertz CT molecular complexity index is 803. The summed E-state index contributed by atoms with van der Waals surface area (Å²) in [6.07, 6.45) is 1.07. The second kappa shape index (κ2) is 7.44. The van der Waals surface area contributed by atoms with Crippen LogP contribution < -0.4 is 9.62 Å². The number of nitrogens with zero attached hydrogens (tertiary/aromatic N) is 1. The maximum Gasteiger partial charge on any atom is 0.251 e. The Kier molecular flexibility index (Phi) is 5.56. The van der Waals surface area contributed by atoms with Gasteiger partial charge in [-0.3, -0.25) is 9.10 Å². The van der Waals surface area contributed by atoms with Crippen LogP contribution in [0, 0.1) is 12.7 Å². The van der Waals surface area contributed by atoms with Crippen LogP contribution in [0.5, 0.6) is 0 Å². The highest BCUT2D eigenvalue weighted by Gasteiger charge is 2.17. The van der Waals surface area contributed by atoms with Gasteiger partial charge in [0.15, 0.2) is 0 Å². The SMILES string of the molecule is Cc1ccc(C(=O)NCCN(c2ccc(F)cc2)S(C)(=O)=O)cc1.